The molecule has 0 atom stereocenters. The number of aromatic nitrogens is 1. The van der Waals surface area contributed by atoms with Crippen molar-refractivity contribution in [2.75, 3.05) is 12.4 Å². The number of carbonyl (C=O) groups excluding carboxylic acids is 2. The predicted molar refractivity (Wildman–Crippen MR) is 130 cm³/mol. The highest BCUT2D eigenvalue weighted by molar-refractivity contribution is 9.10. The number of halogens is 2. The first kappa shape index (κ1) is 22.4. The van der Waals surface area contributed by atoms with Crippen LogP contribution in [0, 0.1) is 12.7 Å². The number of pyridine rings is 1. The van der Waals surface area contributed by atoms with E-state index in [0.29, 0.717) is 26.6 Å². The second-order valence-corrected chi connectivity index (χ2v) is 8.27. The maximum Gasteiger partial charge on any atom is 0.263 e. The molecule has 4 rings (SSSR count). The molecule has 0 bridgehead atoms. The number of hydrogen-bond donors (Lipinski definition) is 2. The Morgan fingerprint density at radius 1 is 0.939 bits per heavy atom. The summed E-state index contributed by atoms with van der Waals surface area (Å²) in [5, 5.41) is 5.81. The van der Waals surface area contributed by atoms with E-state index in [1.807, 2.05) is 6.07 Å². The van der Waals surface area contributed by atoms with Gasteiger partial charge in [0.05, 0.1) is 11.3 Å². The molecule has 0 aliphatic rings. The first-order valence-corrected chi connectivity index (χ1v) is 10.8. The molecule has 0 radical (unpaired) electrons. The molecule has 0 aliphatic heterocycles. The van der Waals surface area contributed by atoms with E-state index in [2.05, 4.69) is 26.6 Å². The van der Waals surface area contributed by atoms with Crippen molar-refractivity contribution in [3.05, 3.63) is 104 Å². The zero-order chi connectivity index (χ0) is 23.7. The molecular formula is C25H19BrFN3O3. The molecule has 2 N–H and O–H groups in total. The number of amides is 2. The molecule has 0 aliphatic carbocycles. The standard InChI is InChI=1S/C25H19BrFN3O3/c1-14-22(24(32)29-21-11-8-15(12-20(21)27)23(31)28-2)19-13-16(26)9-10-18(19)25(33)30(14)17-6-4-3-5-7-17/h3-13H,1-2H3,(H,28,31)(H,29,32). The molecule has 33 heavy (non-hydrogen) atoms. The zero-order valence-corrected chi connectivity index (χ0v) is 19.4. The van der Waals surface area contributed by atoms with Crippen LogP contribution in [0.5, 0.6) is 0 Å². The molecule has 8 heteroatoms. The fourth-order valence-corrected chi connectivity index (χ4v) is 4.11. The molecule has 1 aromatic heterocycles. The highest BCUT2D eigenvalue weighted by Gasteiger charge is 2.22. The molecule has 4 aromatic rings. The van der Waals surface area contributed by atoms with Crippen LogP contribution in [0.1, 0.15) is 26.4 Å². The molecule has 3 aromatic carbocycles. The lowest BCUT2D eigenvalue weighted by Crippen LogP contribution is -2.26. The van der Waals surface area contributed by atoms with Crippen molar-refractivity contribution in [2.24, 2.45) is 0 Å². The predicted octanol–water partition coefficient (Wildman–Crippen LogP) is 4.81. The van der Waals surface area contributed by atoms with Gasteiger partial charge in [-0.2, -0.15) is 0 Å². The Hall–Kier alpha value is -3.78. The van der Waals surface area contributed by atoms with Gasteiger partial charge < -0.3 is 10.6 Å². The summed E-state index contributed by atoms with van der Waals surface area (Å²) in [4.78, 5) is 38.4. The normalized spacial score (nSPS) is 10.8. The van der Waals surface area contributed by atoms with Crippen molar-refractivity contribution >= 4 is 44.2 Å². The Bertz CT molecular complexity index is 1470. The molecule has 0 saturated heterocycles. The van der Waals surface area contributed by atoms with E-state index in [-0.39, 0.29) is 22.4 Å². The largest absolute Gasteiger partial charge is 0.355 e. The molecule has 2 amide bonds. The number of nitrogens with one attached hydrogen (secondary N) is 2. The van der Waals surface area contributed by atoms with Crippen LogP contribution in [0.2, 0.25) is 0 Å². The zero-order valence-electron chi connectivity index (χ0n) is 17.8. The Balaban J connectivity index is 1.88. The Morgan fingerprint density at radius 3 is 2.33 bits per heavy atom. The summed E-state index contributed by atoms with van der Waals surface area (Å²) in [5.74, 6) is -1.76. The summed E-state index contributed by atoms with van der Waals surface area (Å²) < 4.78 is 16.8. The summed E-state index contributed by atoms with van der Waals surface area (Å²) >= 11 is 3.40. The summed E-state index contributed by atoms with van der Waals surface area (Å²) in [6.07, 6.45) is 0. The Labute approximate surface area is 197 Å². The van der Waals surface area contributed by atoms with Crippen LogP contribution in [0.15, 0.2) is 76.0 Å². The van der Waals surface area contributed by atoms with Gasteiger partial charge in [-0.1, -0.05) is 34.1 Å². The van der Waals surface area contributed by atoms with Gasteiger partial charge in [-0.15, -0.1) is 0 Å². The highest BCUT2D eigenvalue weighted by Crippen LogP contribution is 2.27. The van der Waals surface area contributed by atoms with E-state index in [1.54, 1.807) is 49.4 Å². The van der Waals surface area contributed by atoms with E-state index in [9.17, 15) is 18.8 Å². The quantitative estimate of drug-likeness (QED) is 0.415. The smallest absolute Gasteiger partial charge is 0.263 e. The molecule has 0 saturated carbocycles. The van der Waals surface area contributed by atoms with Crippen molar-refractivity contribution in [3.63, 3.8) is 0 Å². The molecule has 0 fully saturated rings. The van der Waals surface area contributed by atoms with Crippen molar-refractivity contribution in [1.82, 2.24) is 9.88 Å². The number of fused-ring (bicyclic) bond motifs is 1. The van der Waals surface area contributed by atoms with Gasteiger partial charge in [-0.25, -0.2) is 4.39 Å². The van der Waals surface area contributed by atoms with Crippen LogP contribution >= 0.6 is 15.9 Å². The minimum atomic E-state index is -0.746. The molecule has 0 spiro atoms. The van der Waals surface area contributed by atoms with Crippen LogP contribution in [-0.2, 0) is 0 Å². The molecule has 0 unspecified atom stereocenters. The molecule has 166 valence electrons. The number of benzene rings is 3. The van der Waals surface area contributed by atoms with Crippen molar-refractivity contribution in [1.29, 1.82) is 0 Å². The lowest BCUT2D eigenvalue weighted by Gasteiger charge is -2.18. The maximum absolute atomic E-state index is 14.7. The number of rotatable bonds is 4. The van der Waals surface area contributed by atoms with Gasteiger partial charge in [0.25, 0.3) is 17.4 Å². The fourth-order valence-electron chi connectivity index (χ4n) is 3.75. The second kappa shape index (κ2) is 8.99. The maximum atomic E-state index is 14.7. The van der Waals surface area contributed by atoms with Gasteiger partial charge in [0.15, 0.2) is 0 Å². The molecule has 6 nitrogen and oxygen atoms in total. The van der Waals surface area contributed by atoms with Gasteiger partial charge in [0, 0.05) is 39.2 Å². The topological polar surface area (TPSA) is 80.2 Å². The summed E-state index contributed by atoms with van der Waals surface area (Å²) in [6.45, 7) is 1.68. The van der Waals surface area contributed by atoms with Crippen molar-refractivity contribution < 1.29 is 14.0 Å². The molecular weight excluding hydrogens is 489 g/mol. The van der Waals surface area contributed by atoms with Gasteiger partial charge in [-0.05, 0) is 55.5 Å². The minimum absolute atomic E-state index is 0.0762. The average molecular weight is 508 g/mol. The third-order valence-corrected chi connectivity index (χ3v) is 5.82. The van der Waals surface area contributed by atoms with Gasteiger partial charge in [0.1, 0.15) is 5.82 Å². The van der Waals surface area contributed by atoms with E-state index >= 15 is 0 Å². The number of carbonyl (C=O) groups is 2. The van der Waals surface area contributed by atoms with E-state index < -0.39 is 17.6 Å². The molecule has 1 heterocycles. The van der Waals surface area contributed by atoms with Crippen molar-refractivity contribution in [2.45, 2.75) is 6.92 Å². The number of nitrogens with zero attached hydrogens (tertiary/aromatic N) is 1. The third-order valence-electron chi connectivity index (χ3n) is 5.33. The van der Waals surface area contributed by atoms with Crippen LogP contribution in [0.4, 0.5) is 10.1 Å². The lowest BCUT2D eigenvalue weighted by molar-refractivity contribution is 0.0962. The van der Waals surface area contributed by atoms with Crippen LogP contribution in [-0.4, -0.2) is 23.4 Å². The SMILES string of the molecule is CNC(=O)c1ccc(NC(=O)c2c(C)n(-c3ccccc3)c(=O)c3ccc(Br)cc23)c(F)c1. The Kier molecular flexibility index (Phi) is 6.11. The number of hydrogen-bond acceptors (Lipinski definition) is 3. The van der Waals surface area contributed by atoms with Gasteiger partial charge >= 0.3 is 0 Å². The van der Waals surface area contributed by atoms with Crippen LogP contribution in [0.25, 0.3) is 16.5 Å². The van der Waals surface area contributed by atoms with Gasteiger partial charge in [0.2, 0.25) is 0 Å². The minimum Gasteiger partial charge on any atom is -0.355 e. The van der Waals surface area contributed by atoms with Crippen LogP contribution < -0.4 is 16.2 Å². The monoisotopic (exact) mass is 507 g/mol. The summed E-state index contributed by atoms with van der Waals surface area (Å²) in [7, 11) is 1.45. The lowest BCUT2D eigenvalue weighted by atomic mass is 10.0. The summed E-state index contributed by atoms with van der Waals surface area (Å²) in [6, 6.07) is 17.9. The fraction of sp³-hybridized carbons (Fsp3) is 0.0800. The second-order valence-electron chi connectivity index (χ2n) is 7.35. The van der Waals surface area contributed by atoms with Crippen LogP contribution in [0.3, 0.4) is 0 Å². The Morgan fingerprint density at radius 2 is 1.67 bits per heavy atom. The van der Waals surface area contributed by atoms with Gasteiger partial charge in [-0.3, -0.25) is 19.0 Å². The van der Waals surface area contributed by atoms with Crippen molar-refractivity contribution in [3.8, 4) is 5.69 Å². The third kappa shape index (κ3) is 4.17. The van der Waals surface area contributed by atoms with E-state index in [1.165, 1.54) is 23.7 Å². The number of para-hydroxylation sites is 1. The van der Waals surface area contributed by atoms with E-state index in [4.69, 9.17) is 0 Å². The number of anilines is 1. The first-order valence-electron chi connectivity index (χ1n) is 10.0. The summed E-state index contributed by atoms with van der Waals surface area (Å²) in [5.41, 5.74) is 1.06. The average Bonchev–Trinajstić information content (AvgIpc) is 2.80. The first-order chi connectivity index (χ1) is 15.8. The van der Waals surface area contributed by atoms with E-state index in [0.717, 1.165) is 6.07 Å². The highest BCUT2D eigenvalue weighted by atomic mass is 79.9.